The van der Waals surface area contributed by atoms with Gasteiger partial charge in [-0.15, -0.1) is 0 Å². The predicted octanol–water partition coefficient (Wildman–Crippen LogP) is 0.850. The SMILES string of the molecule is N#C/C(=C/c1ccc2c(c1)OCCO2)C(N)=O. The molecule has 0 aliphatic carbocycles. The van der Waals surface area contributed by atoms with Gasteiger partial charge in [0.2, 0.25) is 0 Å². The first-order valence-electron chi connectivity index (χ1n) is 5.02. The van der Waals surface area contributed by atoms with E-state index in [0.29, 0.717) is 30.3 Å². The van der Waals surface area contributed by atoms with E-state index < -0.39 is 5.91 Å². The van der Waals surface area contributed by atoms with Crippen molar-refractivity contribution in [3.8, 4) is 17.6 Å². The van der Waals surface area contributed by atoms with E-state index >= 15 is 0 Å². The molecule has 0 spiro atoms. The lowest BCUT2D eigenvalue weighted by Crippen LogP contribution is -2.15. The van der Waals surface area contributed by atoms with Gasteiger partial charge in [-0.1, -0.05) is 6.07 Å². The van der Waals surface area contributed by atoms with Crippen LogP contribution in [0.4, 0.5) is 0 Å². The van der Waals surface area contributed by atoms with Crippen LogP contribution in [0.3, 0.4) is 0 Å². The molecular formula is C12H10N2O3. The number of nitrogens with zero attached hydrogens (tertiary/aromatic N) is 1. The van der Waals surface area contributed by atoms with Gasteiger partial charge >= 0.3 is 0 Å². The van der Waals surface area contributed by atoms with Gasteiger partial charge in [0.25, 0.3) is 5.91 Å². The average molecular weight is 230 g/mol. The van der Waals surface area contributed by atoms with Gasteiger partial charge in [-0.25, -0.2) is 0 Å². The Balaban J connectivity index is 2.35. The van der Waals surface area contributed by atoms with Crippen molar-refractivity contribution in [2.45, 2.75) is 0 Å². The van der Waals surface area contributed by atoms with E-state index in [1.54, 1.807) is 24.3 Å². The summed E-state index contributed by atoms with van der Waals surface area (Å²) in [7, 11) is 0. The predicted molar refractivity (Wildman–Crippen MR) is 60.2 cm³/mol. The van der Waals surface area contributed by atoms with E-state index in [4.69, 9.17) is 20.5 Å². The van der Waals surface area contributed by atoms with Gasteiger partial charge in [0.1, 0.15) is 24.9 Å². The summed E-state index contributed by atoms with van der Waals surface area (Å²) < 4.78 is 10.7. The van der Waals surface area contributed by atoms with Gasteiger partial charge in [0.05, 0.1) is 0 Å². The fraction of sp³-hybridized carbons (Fsp3) is 0.167. The maximum atomic E-state index is 10.9. The van der Waals surface area contributed by atoms with E-state index in [0.717, 1.165) is 0 Å². The maximum Gasteiger partial charge on any atom is 0.259 e. The summed E-state index contributed by atoms with van der Waals surface area (Å²) in [6.07, 6.45) is 1.42. The number of primary amides is 1. The Morgan fingerprint density at radius 3 is 2.71 bits per heavy atom. The van der Waals surface area contributed by atoms with Crippen molar-refractivity contribution in [2.24, 2.45) is 5.73 Å². The number of rotatable bonds is 2. The molecule has 86 valence electrons. The van der Waals surface area contributed by atoms with Crippen LogP contribution in [0.25, 0.3) is 6.08 Å². The standard InChI is InChI=1S/C12H10N2O3/c13-7-9(12(14)15)5-8-1-2-10-11(6-8)17-4-3-16-10/h1-2,5-6H,3-4H2,(H2,14,15)/b9-5-. The number of benzene rings is 1. The van der Waals surface area contributed by atoms with Crippen molar-refractivity contribution < 1.29 is 14.3 Å². The van der Waals surface area contributed by atoms with Crippen molar-refractivity contribution in [1.82, 2.24) is 0 Å². The number of fused-ring (bicyclic) bond motifs is 1. The molecule has 1 aromatic rings. The molecule has 0 saturated carbocycles. The lowest BCUT2D eigenvalue weighted by atomic mass is 10.1. The summed E-state index contributed by atoms with van der Waals surface area (Å²) in [6.45, 7) is 1.01. The fourth-order valence-corrected chi connectivity index (χ4v) is 1.47. The van der Waals surface area contributed by atoms with Crippen LogP contribution in [-0.4, -0.2) is 19.1 Å². The highest BCUT2D eigenvalue weighted by molar-refractivity contribution is 6.00. The van der Waals surface area contributed by atoms with Gasteiger partial charge in [-0.3, -0.25) is 4.79 Å². The van der Waals surface area contributed by atoms with Crippen molar-refractivity contribution in [2.75, 3.05) is 13.2 Å². The molecule has 5 nitrogen and oxygen atoms in total. The monoisotopic (exact) mass is 230 g/mol. The van der Waals surface area contributed by atoms with Crippen LogP contribution in [0.2, 0.25) is 0 Å². The van der Waals surface area contributed by atoms with Gasteiger partial charge in [0.15, 0.2) is 11.5 Å². The Morgan fingerprint density at radius 1 is 1.35 bits per heavy atom. The summed E-state index contributed by atoms with van der Waals surface area (Å²) in [4.78, 5) is 10.9. The molecule has 0 fully saturated rings. The molecule has 1 amide bonds. The molecule has 2 N–H and O–H groups in total. The number of hydrogen-bond acceptors (Lipinski definition) is 4. The third-order valence-electron chi connectivity index (χ3n) is 2.26. The quantitative estimate of drug-likeness (QED) is 0.602. The highest BCUT2D eigenvalue weighted by atomic mass is 16.6. The minimum Gasteiger partial charge on any atom is -0.486 e. The first-order chi connectivity index (χ1) is 8.20. The van der Waals surface area contributed by atoms with Crippen LogP contribution in [0.5, 0.6) is 11.5 Å². The van der Waals surface area contributed by atoms with Gasteiger partial charge in [-0.05, 0) is 23.8 Å². The van der Waals surface area contributed by atoms with Gasteiger partial charge < -0.3 is 15.2 Å². The zero-order valence-electron chi connectivity index (χ0n) is 8.97. The minimum absolute atomic E-state index is 0.0957. The van der Waals surface area contributed by atoms with E-state index in [9.17, 15) is 4.79 Å². The molecule has 1 aliphatic heterocycles. The second kappa shape index (κ2) is 4.58. The highest BCUT2D eigenvalue weighted by Crippen LogP contribution is 2.31. The second-order valence-electron chi connectivity index (χ2n) is 3.44. The number of amides is 1. The summed E-state index contributed by atoms with van der Waals surface area (Å²) in [5, 5.41) is 8.72. The first-order valence-corrected chi connectivity index (χ1v) is 5.02. The molecule has 0 bridgehead atoms. The Morgan fingerprint density at radius 2 is 2.06 bits per heavy atom. The Labute approximate surface area is 98.0 Å². The van der Waals surface area contributed by atoms with Crippen molar-refractivity contribution in [3.05, 3.63) is 29.3 Å². The van der Waals surface area contributed by atoms with E-state index in [2.05, 4.69) is 0 Å². The van der Waals surface area contributed by atoms with E-state index in [1.807, 2.05) is 0 Å². The molecule has 1 heterocycles. The molecule has 0 atom stereocenters. The number of nitriles is 1. The van der Waals surface area contributed by atoms with E-state index in [-0.39, 0.29) is 5.57 Å². The number of carbonyl (C=O) groups excluding carboxylic acids is 1. The van der Waals surface area contributed by atoms with Gasteiger partial charge in [-0.2, -0.15) is 5.26 Å². The van der Waals surface area contributed by atoms with Crippen molar-refractivity contribution in [3.63, 3.8) is 0 Å². The molecule has 0 saturated heterocycles. The molecule has 0 aromatic heterocycles. The third kappa shape index (κ3) is 2.37. The zero-order chi connectivity index (χ0) is 12.3. The summed E-state index contributed by atoms with van der Waals surface area (Å²) in [6, 6.07) is 6.91. The highest BCUT2D eigenvalue weighted by Gasteiger charge is 2.11. The molecule has 17 heavy (non-hydrogen) atoms. The summed E-state index contributed by atoms with van der Waals surface area (Å²) >= 11 is 0. The van der Waals surface area contributed by atoms with Crippen LogP contribution in [0.15, 0.2) is 23.8 Å². The molecule has 5 heteroatoms. The normalized spacial score (nSPS) is 13.9. The smallest absolute Gasteiger partial charge is 0.259 e. The summed E-state index contributed by atoms with van der Waals surface area (Å²) in [5.41, 5.74) is 5.62. The first kappa shape index (κ1) is 11.0. The maximum absolute atomic E-state index is 10.9. The van der Waals surface area contributed by atoms with Crippen LogP contribution >= 0.6 is 0 Å². The number of carbonyl (C=O) groups is 1. The largest absolute Gasteiger partial charge is 0.486 e. The van der Waals surface area contributed by atoms with Crippen LogP contribution < -0.4 is 15.2 Å². The van der Waals surface area contributed by atoms with Crippen LogP contribution in [-0.2, 0) is 4.79 Å². The Hall–Kier alpha value is -2.48. The minimum atomic E-state index is -0.748. The lowest BCUT2D eigenvalue weighted by Gasteiger charge is -2.18. The molecule has 0 unspecified atom stereocenters. The van der Waals surface area contributed by atoms with Gasteiger partial charge in [0, 0.05) is 0 Å². The van der Waals surface area contributed by atoms with E-state index in [1.165, 1.54) is 6.08 Å². The Bertz CT molecular complexity index is 529. The molecular weight excluding hydrogens is 220 g/mol. The third-order valence-corrected chi connectivity index (χ3v) is 2.26. The van der Waals surface area contributed by atoms with Crippen molar-refractivity contribution >= 4 is 12.0 Å². The van der Waals surface area contributed by atoms with Crippen molar-refractivity contribution in [1.29, 1.82) is 5.26 Å². The molecule has 1 aliphatic rings. The second-order valence-corrected chi connectivity index (χ2v) is 3.44. The zero-order valence-corrected chi connectivity index (χ0v) is 8.97. The number of hydrogen-bond donors (Lipinski definition) is 1. The lowest BCUT2D eigenvalue weighted by molar-refractivity contribution is -0.114. The Kier molecular flexibility index (Phi) is 2.97. The number of nitrogens with two attached hydrogens (primary N) is 1. The van der Waals surface area contributed by atoms with Crippen LogP contribution in [0, 0.1) is 11.3 Å². The molecule has 0 radical (unpaired) electrons. The molecule has 1 aromatic carbocycles. The summed E-state index contributed by atoms with van der Waals surface area (Å²) in [5.74, 6) is 0.514. The molecule has 2 rings (SSSR count). The van der Waals surface area contributed by atoms with Crippen LogP contribution in [0.1, 0.15) is 5.56 Å². The number of ether oxygens (including phenoxy) is 2. The fourth-order valence-electron chi connectivity index (χ4n) is 1.47. The topological polar surface area (TPSA) is 85.3 Å². The average Bonchev–Trinajstić information content (AvgIpc) is 2.35.